The summed E-state index contributed by atoms with van der Waals surface area (Å²) < 4.78 is 0. The number of carboxylic acids is 2. The van der Waals surface area contributed by atoms with Crippen LogP contribution in [0.2, 0.25) is 0 Å². The number of nitrogens with one attached hydrogen (secondary N) is 4. The zero-order valence-electron chi connectivity index (χ0n) is 22.3. The molecule has 0 aromatic carbocycles. The average Bonchev–Trinajstić information content (AvgIpc) is 3.39. The lowest BCUT2D eigenvalue weighted by atomic mass is 10.1. The van der Waals surface area contributed by atoms with E-state index >= 15 is 0 Å². The molecule has 1 aromatic heterocycles. The topological polar surface area (TPSA) is 345 Å². The van der Waals surface area contributed by atoms with Gasteiger partial charge in [-0.25, -0.2) is 9.78 Å². The van der Waals surface area contributed by atoms with Gasteiger partial charge in [0.25, 0.3) is 0 Å². The highest BCUT2D eigenvalue weighted by molar-refractivity contribution is 5.95. The fourth-order valence-electron chi connectivity index (χ4n) is 3.45. The van der Waals surface area contributed by atoms with Crippen LogP contribution in [0.3, 0.4) is 0 Å². The van der Waals surface area contributed by atoms with E-state index in [9.17, 15) is 34.2 Å². The van der Waals surface area contributed by atoms with Crippen LogP contribution < -0.4 is 44.6 Å². The number of nitrogens with zero attached hydrogens (tertiary/aromatic N) is 3. The Morgan fingerprint density at radius 1 is 0.829 bits per heavy atom. The predicted octanol–water partition coefficient (Wildman–Crippen LogP) is -4.60. The number of nitrogens with two attached hydrogens (primary N) is 5. The minimum absolute atomic E-state index is 0.0528. The third-order valence-electron chi connectivity index (χ3n) is 5.49. The number of guanidine groups is 2. The van der Waals surface area contributed by atoms with E-state index < -0.39 is 60.2 Å². The normalized spacial score (nSPS) is 13.5. The fourth-order valence-corrected chi connectivity index (χ4v) is 3.45. The molecule has 4 atom stereocenters. The summed E-state index contributed by atoms with van der Waals surface area (Å²) in [5, 5.41) is 25.9. The van der Waals surface area contributed by atoms with Crippen LogP contribution in [0.4, 0.5) is 0 Å². The number of aromatic nitrogens is 2. The molecule has 0 radical (unpaired) electrons. The second-order valence-electron chi connectivity index (χ2n) is 8.90. The van der Waals surface area contributed by atoms with Crippen molar-refractivity contribution in [1.29, 1.82) is 0 Å². The quantitative estimate of drug-likeness (QED) is 0.0416. The van der Waals surface area contributed by atoms with Gasteiger partial charge in [-0.05, 0) is 25.7 Å². The molecule has 41 heavy (non-hydrogen) atoms. The highest BCUT2D eigenvalue weighted by Gasteiger charge is 2.31. The highest BCUT2D eigenvalue weighted by Crippen LogP contribution is 2.06. The van der Waals surface area contributed by atoms with Crippen LogP contribution in [-0.4, -0.2) is 99.0 Å². The van der Waals surface area contributed by atoms with Crippen LogP contribution in [0, 0.1) is 0 Å². The van der Waals surface area contributed by atoms with Crippen LogP contribution in [0.1, 0.15) is 37.8 Å². The Hall–Kier alpha value is -4.94. The maximum absolute atomic E-state index is 13.1. The van der Waals surface area contributed by atoms with Crippen LogP contribution in [-0.2, 0) is 30.4 Å². The standard InChI is InChI=1S/C22H38N12O7/c23-12(3-1-5-29-21(24)25)17(37)33-14(8-16(35)36)19(39)32-13(4-2-6-30-22(26)27)18(38)34-15(20(40)41)7-11-9-28-10-31-11/h9-10,12-15H,1-8,23H2,(H,28,31)(H,32,39)(H,33,37)(H,34,38)(H,35,36)(H,40,41)(H4,24,25,29)(H4,26,27,30). The largest absolute Gasteiger partial charge is 0.481 e. The number of amides is 3. The minimum atomic E-state index is -1.60. The maximum Gasteiger partial charge on any atom is 0.326 e. The first-order valence-electron chi connectivity index (χ1n) is 12.5. The van der Waals surface area contributed by atoms with Crippen molar-refractivity contribution in [2.75, 3.05) is 13.1 Å². The van der Waals surface area contributed by atoms with Crippen LogP contribution in [0.25, 0.3) is 0 Å². The third-order valence-corrected chi connectivity index (χ3v) is 5.49. The van der Waals surface area contributed by atoms with Gasteiger partial charge in [-0.2, -0.15) is 0 Å². The smallest absolute Gasteiger partial charge is 0.326 e. The summed E-state index contributed by atoms with van der Waals surface area (Å²) in [6.07, 6.45) is 2.38. The molecule has 1 rings (SSSR count). The van der Waals surface area contributed by atoms with Crippen molar-refractivity contribution in [1.82, 2.24) is 25.9 Å². The van der Waals surface area contributed by atoms with Gasteiger partial charge in [0.05, 0.1) is 18.8 Å². The van der Waals surface area contributed by atoms with E-state index in [-0.39, 0.29) is 50.7 Å². The van der Waals surface area contributed by atoms with Crippen molar-refractivity contribution in [3.8, 4) is 0 Å². The second-order valence-corrected chi connectivity index (χ2v) is 8.90. The first-order chi connectivity index (χ1) is 19.3. The molecule has 0 aliphatic heterocycles. The minimum Gasteiger partial charge on any atom is -0.481 e. The van der Waals surface area contributed by atoms with Crippen molar-refractivity contribution < 1.29 is 34.2 Å². The lowest BCUT2D eigenvalue weighted by molar-refractivity contribution is -0.143. The molecule has 0 aliphatic rings. The van der Waals surface area contributed by atoms with E-state index in [4.69, 9.17) is 28.7 Å². The second kappa shape index (κ2) is 17.6. The molecule has 0 bridgehead atoms. The highest BCUT2D eigenvalue weighted by atomic mass is 16.4. The summed E-state index contributed by atoms with van der Waals surface area (Å²) in [4.78, 5) is 75.9. The number of imidazole rings is 1. The predicted molar refractivity (Wildman–Crippen MR) is 146 cm³/mol. The lowest BCUT2D eigenvalue weighted by Gasteiger charge is -2.24. The Balaban J connectivity index is 3.00. The Morgan fingerprint density at radius 3 is 1.88 bits per heavy atom. The fraction of sp³-hybridized carbons (Fsp3) is 0.545. The Kier molecular flexibility index (Phi) is 14.6. The van der Waals surface area contributed by atoms with Crippen molar-refractivity contribution in [2.24, 2.45) is 38.7 Å². The number of rotatable bonds is 19. The van der Waals surface area contributed by atoms with E-state index in [2.05, 4.69) is 35.9 Å². The van der Waals surface area contributed by atoms with Gasteiger partial charge in [0.15, 0.2) is 11.9 Å². The number of H-pyrrole nitrogens is 1. The molecule has 16 N–H and O–H groups in total. The Morgan fingerprint density at radius 2 is 1.37 bits per heavy atom. The maximum atomic E-state index is 13.1. The van der Waals surface area contributed by atoms with Gasteiger partial charge in [-0.1, -0.05) is 0 Å². The number of carbonyl (C=O) groups excluding carboxylic acids is 3. The van der Waals surface area contributed by atoms with Crippen LogP contribution >= 0.6 is 0 Å². The number of hydrogen-bond donors (Lipinski definition) is 11. The van der Waals surface area contributed by atoms with Crippen LogP contribution in [0.5, 0.6) is 0 Å². The van der Waals surface area contributed by atoms with Crippen LogP contribution in [0.15, 0.2) is 22.5 Å². The van der Waals surface area contributed by atoms with Gasteiger partial charge in [0.1, 0.15) is 18.1 Å². The number of aliphatic imine (C=N–C) groups is 2. The Bertz CT molecular complexity index is 1080. The van der Waals surface area contributed by atoms with Gasteiger partial charge in [-0.15, -0.1) is 0 Å². The molecule has 4 unspecified atom stereocenters. The van der Waals surface area contributed by atoms with Crippen molar-refractivity contribution in [3.63, 3.8) is 0 Å². The summed E-state index contributed by atoms with van der Waals surface area (Å²) in [6, 6.07) is -5.42. The summed E-state index contributed by atoms with van der Waals surface area (Å²) in [5.74, 6) is -5.76. The van der Waals surface area contributed by atoms with E-state index in [1.807, 2.05) is 0 Å². The molecule has 1 heterocycles. The van der Waals surface area contributed by atoms with Gasteiger partial charge in [0, 0.05) is 31.4 Å². The number of aliphatic carboxylic acids is 2. The third kappa shape index (κ3) is 14.1. The number of hydrogen-bond acceptors (Lipinski definition) is 9. The molecule has 1 aromatic rings. The van der Waals surface area contributed by atoms with Crippen molar-refractivity contribution in [2.45, 2.75) is 62.7 Å². The molecule has 0 saturated heterocycles. The van der Waals surface area contributed by atoms with E-state index in [0.29, 0.717) is 12.1 Å². The summed E-state index contributed by atoms with van der Waals surface area (Å²) in [5.41, 5.74) is 27.4. The molecule has 0 fully saturated rings. The number of carboxylic acid groups (broad SMARTS) is 2. The molecule has 0 spiro atoms. The summed E-state index contributed by atoms with van der Waals surface area (Å²) in [6.45, 7) is 0.291. The molecular formula is C22H38N12O7. The molecule has 228 valence electrons. The SMILES string of the molecule is NC(N)=NCCCC(N)C(=O)NC(CC(=O)O)C(=O)NC(CCCN=C(N)N)C(=O)NC(Cc1cnc[nH]1)C(=O)O. The first kappa shape index (κ1) is 34.1. The van der Waals surface area contributed by atoms with Crippen molar-refractivity contribution >= 4 is 41.6 Å². The molecule has 0 saturated carbocycles. The molecule has 19 heteroatoms. The molecule has 19 nitrogen and oxygen atoms in total. The number of carbonyl (C=O) groups is 5. The molecule has 3 amide bonds. The van der Waals surface area contributed by atoms with E-state index in [1.54, 1.807) is 0 Å². The molecular weight excluding hydrogens is 544 g/mol. The zero-order valence-corrected chi connectivity index (χ0v) is 22.3. The summed E-state index contributed by atoms with van der Waals surface area (Å²) in [7, 11) is 0. The van der Waals surface area contributed by atoms with Gasteiger partial charge < -0.3 is 59.8 Å². The van der Waals surface area contributed by atoms with E-state index in [1.165, 1.54) is 12.5 Å². The van der Waals surface area contributed by atoms with Gasteiger partial charge in [0.2, 0.25) is 17.7 Å². The summed E-state index contributed by atoms with van der Waals surface area (Å²) >= 11 is 0. The van der Waals surface area contributed by atoms with Gasteiger partial charge in [-0.3, -0.25) is 29.2 Å². The first-order valence-corrected chi connectivity index (χ1v) is 12.5. The van der Waals surface area contributed by atoms with E-state index in [0.717, 1.165) is 0 Å². The Labute approximate surface area is 234 Å². The monoisotopic (exact) mass is 582 g/mol. The lowest BCUT2D eigenvalue weighted by Crippen LogP contribution is -2.57. The average molecular weight is 583 g/mol. The zero-order chi connectivity index (χ0) is 30.9. The van der Waals surface area contributed by atoms with Crippen molar-refractivity contribution in [3.05, 3.63) is 18.2 Å². The van der Waals surface area contributed by atoms with Gasteiger partial charge >= 0.3 is 11.9 Å². The number of aromatic amines is 1. The molecule has 0 aliphatic carbocycles.